The van der Waals surface area contributed by atoms with Crippen molar-refractivity contribution in [3.05, 3.63) is 47.5 Å². The number of fused-ring (bicyclic) bond motifs is 1. The maximum Gasteiger partial charge on any atom is 0.359 e. The summed E-state index contributed by atoms with van der Waals surface area (Å²) in [5.41, 5.74) is 1.91. The fourth-order valence-electron chi connectivity index (χ4n) is 2.03. The molecule has 3 aromatic rings. The van der Waals surface area contributed by atoms with E-state index in [2.05, 4.69) is 15.1 Å². The Bertz CT molecular complexity index is 816. The van der Waals surface area contributed by atoms with Gasteiger partial charge in [-0.2, -0.15) is 5.10 Å². The topological polar surface area (TPSA) is 69.4 Å². The number of imidazole rings is 1. The average Bonchev–Trinajstić information content (AvgIpc) is 2.87. The van der Waals surface area contributed by atoms with Crippen molar-refractivity contribution in [3.8, 4) is 11.3 Å². The lowest BCUT2D eigenvalue weighted by Crippen LogP contribution is -2.07. The third-order valence-corrected chi connectivity index (χ3v) is 3.05. The molecule has 0 aliphatic rings. The Balaban J connectivity index is 2.27. The van der Waals surface area contributed by atoms with Gasteiger partial charge in [-0.15, -0.1) is 0 Å². The van der Waals surface area contributed by atoms with Crippen LogP contribution in [0, 0.1) is 0 Å². The summed E-state index contributed by atoms with van der Waals surface area (Å²) in [6.45, 7) is 2.01. The fourth-order valence-corrected chi connectivity index (χ4v) is 2.20. The van der Waals surface area contributed by atoms with Crippen LogP contribution in [0.4, 0.5) is 0 Å². The molecule has 0 saturated carbocycles. The number of halogens is 1. The van der Waals surface area contributed by atoms with Gasteiger partial charge in [-0.1, -0.05) is 11.6 Å². The minimum atomic E-state index is -0.502. The number of aromatic nitrogens is 4. The smallest absolute Gasteiger partial charge is 0.359 e. The van der Waals surface area contributed by atoms with Gasteiger partial charge in [-0.25, -0.2) is 14.3 Å². The molecule has 0 aliphatic heterocycles. The third-order valence-electron chi connectivity index (χ3n) is 2.84. The Morgan fingerprint density at radius 3 is 3.05 bits per heavy atom. The molecule has 3 rings (SSSR count). The number of carbonyl (C=O) groups is 1. The molecule has 0 spiro atoms. The highest BCUT2D eigenvalue weighted by atomic mass is 35.5. The number of carbonyl (C=O) groups excluding carboxylic acids is 1. The highest BCUT2D eigenvalue weighted by molar-refractivity contribution is 6.30. The lowest BCUT2D eigenvalue weighted by atomic mass is 10.2. The van der Waals surface area contributed by atoms with Crippen LogP contribution in [0.15, 0.2) is 36.8 Å². The molecule has 0 radical (unpaired) electrons. The number of ether oxygens (including phenoxy) is 1. The van der Waals surface area contributed by atoms with Gasteiger partial charge in [0, 0.05) is 24.2 Å². The lowest BCUT2D eigenvalue weighted by Gasteiger charge is -2.04. The molecule has 0 saturated heterocycles. The van der Waals surface area contributed by atoms with E-state index in [4.69, 9.17) is 16.3 Å². The summed E-state index contributed by atoms with van der Waals surface area (Å²) in [7, 11) is 0. The van der Waals surface area contributed by atoms with Crippen LogP contribution in [-0.4, -0.2) is 32.2 Å². The first kappa shape index (κ1) is 13.5. The van der Waals surface area contributed by atoms with Crippen molar-refractivity contribution in [1.82, 2.24) is 19.6 Å². The first-order chi connectivity index (χ1) is 10.2. The van der Waals surface area contributed by atoms with Crippen molar-refractivity contribution in [3.63, 3.8) is 0 Å². The van der Waals surface area contributed by atoms with E-state index in [9.17, 15) is 4.79 Å². The van der Waals surface area contributed by atoms with E-state index in [-0.39, 0.29) is 12.3 Å². The van der Waals surface area contributed by atoms with Gasteiger partial charge < -0.3 is 4.74 Å². The van der Waals surface area contributed by atoms with E-state index in [1.165, 1.54) is 6.20 Å². The number of esters is 1. The summed E-state index contributed by atoms with van der Waals surface area (Å²) in [6, 6.07) is 5.21. The molecule has 0 aromatic carbocycles. The SMILES string of the molecule is CCOC(=O)c1nc2cccnn2c1-c1cncc(Cl)c1. The molecular formula is C14H11ClN4O2. The normalized spacial score (nSPS) is 10.8. The summed E-state index contributed by atoms with van der Waals surface area (Å²) < 4.78 is 6.62. The predicted octanol–water partition coefficient (Wildman–Crippen LogP) is 2.62. The quantitative estimate of drug-likeness (QED) is 0.696. The summed E-state index contributed by atoms with van der Waals surface area (Å²) in [4.78, 5) is 20.4. The second-order valence-electron chi connectivity index (χ2n) is 4.21. The molecule has 3 heterocycles. The van der Waals surface area contributed by atoms with Crippen LogP contribution in [0.2, 0.25) is 5.02 Å². The van der Waals surface area contributed by atoms with Crippen molar-refractivity contribution in [1.29, 1.82) is 0 Å². The first-order valence-electron chi connectivity index (χ1n) is 6.32. The molecule has 0 atom stereocenters. The van der Waals surface area contributed by atoms with E-state index >= 15 is 0 Å². The van der Waals surface area contributed by atoms with Gasteiger partial charge in [0.05, 0.1) is 11.6 Å². The highest BCUT2D eigenvalue weighted by Gasteiger charge is 2.22. The Hall–Kier alpha value is -2.47. The van der Waals surface area contributed by atoms with Gasteiger partial charge >= 0.3 is 5.97 Å². The van der Waals surface area contributed by atoms with Crippen LogP contribution in [0.3, 0.4) is 0 Å². The van der Waals surface area contributed by atoms with Gasteiger partial charge in [0.25, 0.3) is 0 Å². The lowest BCUT2D eigenvalue weighted by molar-refractivity contribution is 0.0521. The molecule has 6 nitrogen and oxygen atoms in total. The van der Waals surface area contributed by atoms with Crippen LogP contribution in [0.5, 0.6) is 0 Å². The van der Waals surface area contributed by atoms with Gasteiger partial charge in [0.1, 0.15) is 5.69 Å². The Kier molecular flexibility index (Phi) is 3.53. The van der Waals surface area contributed by atoms with Gasteiger partial charge in [-0.05, 0) is 25.1 Å². The largest absolute Gasteiger partial charge is 0.461 e. The zero-order chi connectivity index (χ0) is 14.8. The van der Waals surface area contributed by atoms with Crippen molar-refractivity contribution >= 4 is 23.2 Å². The Labute approximate surface area is 125 Å². The number of hydrogen-bond acceptors (Lipinski definition) is 5. The minimum Gasteiger partial charge on any atom is -0.461 e. The van der Waals surface area contributed by atoms with Crippen LogP contribution < -0.4 is 0 Å². The van der Waals surface area contributed by atoms with Crippen LogP contribution in [0.25, 0.3) is 16.9 Å². The molecule has 0 aliphatic carbocycles. The first-order valence-corrected chi connectivity index (χ1v) is 6.70. The molecule has 3 aromatic heterocycles. The van der Waals surface area contributed by atoms with Gasteiger partial charge in [-0.3, -0.25) is 4.98 Å². The molecule has 0 bridgehead atoms. The predicted molar refractivity (Wildman–Crippen MR) is 77.2 cm³/mol. The zero-order valence-electron chi connectivity index (χ0n) is 11.2. The molecule has 0 amide bonds. The molecule has 106 valence electrons. The van der Waals surface area contributed by atoms with Crippen molar-refractivity contribution in [2.24, 2.45) is 0 Å². The van der Waals surface area contributed by atoms with E-state index in [0.29, 0.717) is 21.9 Å². The molecule has 0 N–H and O–H groups in total. The standard InChI is InChI=1S/C14H11ClN4O2/c1-2-21-14(20)12-13(9-6-10(15)8-16-7-9)19-11(18-12)4-3-5-17-19/h3-8H,2H2,1H3. The Morgan fingerprint density at radius 1 is 1.43 bits per heavy atom. The fraction of sp³-hybridized carbons (Fsp3) is 0.143. The van der Waals surface area contributed by atoms with E-state index in [0.717, 1.165) is 0 Å². The molecule has 7 heteroatoms. The van der Waals surface area contributed by atoms with E-state index in [1.54, 1.807) is 42.0 Å². The van der Waals surface area contributed by atoms with E-state index < -0.39 is 5.97 Å². The molecule has 0 fully saturated rings. The maximum atomic E-state index is 12.1. The summed E-state index contributed by atoms with van der Waals surface area (Å²) in [5, 5.41) is 4.69. The minimum absolute atomic E-state index is 0.194. The third kappa shape index (κ3) is 2.45. The van der Waals surface area contributed by atoms with Crippen molar-refractivity contribution in [2.45, 2.75) is 6.92 Å². The van der Waals surface area contributed by atoms with Crippen molar-refractivity contribution in [2.75, 3.05) is 6.61 Å². The zero-order valence-corrected chi connectivity index (χ0v) is 11.9. The molecular weight excluding hydrogens is 292 g/mol. The number of rotatable bonds is 3. The van der Waals surface area contributed by atoms with E-state index in [1.807, 2.05) is 0 Å². The van der Waals surface area contributed by atoms with Crippen LogP contribution >= 0.6 is 11.6 Å². The van der Waals surface area contributed by atoms with Crippen LogP contribution in [-0.2, 0) is 4.74 Å². The van der Waals surface area contributed by atoms with Crippen LogP contribution in [0.1, 0.15) is 17.4 Å². The maximum absolute atomic E-state index is 12.1. The number of nitrogens with zero attached hydrogens (tertiary/aromatic N) is 4. The van der Waals surface area contributed by atoms with Gasteiger partial charge in [0.15, 0.2) is 11.3 Å². The molecule has 0 unspecified atom stereocenters. The monoisotopic (exact) mass is 302 g/mol. The Morgan fingerprint density at radius 2 is 2.29 bits per heavy atom. The number of pyridine rings is 1. The second-order valence-corrected chi connectivity index (χ2v) is 4.65. The van der Waals surface area contributed by atoms with Gasteiger partial charge in [0.2, 0.25) is 0 Å². The highest BCUT2D eigenvalue weighted by Crippen LogP contribution is 2.26. The summed E-state index contributed by atoms with van der Waals surface area (Å²) in [6.07, 6.45) is 4.74. The number of hydrogen-bond donors (Lipinski definition) is 0. The summed E-state index contributed by atoms with van der Waals surface area (Å²) >= 11 is 5.98. The van der Waals surface area contributed by atoms with Crippen molar-refractivity contribution < 1.29 is 9.53 Å². The second kappa shape index (κ2) is 5.49. The average molecular weight is 303 g/mol. The summed E-state index contributed by atoms with van der Waals surface area (Å²) in [5.74, 6) is -0.502. The molecule has 21 heavy (non-hydrogen) atoms.